The van der Waals surface area contributed by atoms with Crippen molar-refractivity contribution in [1.82, 2.24) is 9.80 Å². The summed E-state index contributed by atoms with van der Waals surface area (Å²) in [6, 6.07) is 2.73. The van der Waals surface area contributed by atoms with Gasteiger partial charge in [0.1, 0.15) is 5.60 Å². The Hall–Kier alpha value is -2.04. The number of aliphatic hydroxyl groups is 1. The molecule has 11 heteroatoms. The Bertz CT molecular complexity index is 930. The van der Waals surface area contributed by atoms with Crippen molar-refractivity contribution in [1.29, 1.82) is 0 Å². The fourth-order valence-electron chi connectivity index (χ4n) is 3.96. The molecule has 0 aliphatic carbocycles. The van der Waals surface area contributed by atoms with Crippen LogP contribution in [0.5, 0.6) is 0 Å². The molecule has 1 saturated heterocycles. The molecular weight excluding hydrogens is 465 g/mol. The second-order valence-corrected chi connectivity index (χ2v) is 9.88. The van der Waals surface area contributed by atoms with Gasteiger partial charge in [0.2, 0.25) is 5.60 Å². The summed E-state index contributed by atoms with van der Waals surface area (Å²) in [5.74, 6) is -1.43. The minimum Gasteiger partial charge on any atom is -0.444 e. The summed E-state index contributed by atoms with van der Waals surface area (Å²) in [5, 5.41) is 10.3. The van der Waals surface area contributed by atoms with Crippen molar-refractivity contribution >= 4 is 23.6 Å². The lowest BCUT2D eigenvalue weighted by atomic mass is 9.89. The molecule has 0 spiro atoms. The number of alkyl halides is 3. The molecular formula is C22H28ClF3N2O5. The first kappa shape index (κ1) is 25.6. The third kappa shape index (κ3) is 5.38. The number of carbonyl (C=O) groups excluding carboxylic acids is 2. The van der Waals surface area contributed by atoms with E-state index >= 15 is 0 Å². The monoisotopic (exact) mass is 492 g/mol. The smallest absolute Gasteiger partial charge is 0.426 e. The number of hydrogen-bond acceptors (Lipinski definition) is 5. The first-order valence-electron chi connectivity index (χ1n) is 10.6. The Morgan fingerprint density at radius 3 is 2.45 bits per heavy atom. The van der Waals surface area contributed by atoms with Crippen LogP contribution >= 0.6 is 11.6 Å². The third-order valence-corrected chi connectivity index (χ3v) is 5.93. The van der Waals surface area contributed by atoms with Gasteiger partial charge in [-0.25, -0.2) is 4.79 Å². The van der Waals surface area contributed by atoms with Crippen LogP contribution in [0.1, 0.15) is 50.4 Å². The summed E-state index contributed by atoms with van der Waals surface area (Å²) in [6.07, 6.45) is -5.41. The molecule has 2 amide bonds. The lowest BCUT2D eigenvalue weighted by Crippen LogP contribution is -2.57. The fourth-order valence-corrected chi connectivity index (χ4v) is 4.21. The van der Waals surface area contributed by atoms with Crippen LogP contribution in [0.3, 0.4) is 0 Å². The molecule has 1 aromatic carbocycles. The Labute approximate surface area is 195 Å². The molecule has 7 nitrogen and oxygen atoms in total. The van der Waals surface area contributed by atoms with Crippen molar-refractivity contribution in [2.45, 2.75) is 64.1 Å². The predicted octanol–water partition coefficient (Wildman–Crippen LogP) is 3.85. The molecule has 2 unspecified atom stereocenters. The highest BCUT2D eigenvalue weighted by molar-refractivity contribution is 6.30. The highest BCUT2D eigenvalue weighted by atomic mass is 35.5. The van der Waals surface area contributed by atoms with E-state index in [2.05, 4.69) is 0 Å². The van der Waals surface area contributed by atoms with E-state index in [0.717, 1.165) is 10.5 Å². The average Bonchev–Trinajstić information content (AvgIpc) is 2.70. The number of amides is 2. The fraction of sp³-hybridized carbons (Fsp3) is 0.636. The maximum Gasteiger partial charge on any atom is 0.426 e. The van der Waals surface area contributed by atoms with Gasteiger partial charge < -0.3 is 19.5 Å². The van der Waals surface area contributed by atoms with Crippen LogP contribution in [0.15, 0.2) is 12.1 Å². The molecule has 1 N–H and O–H groups in total. The van der Waals surface area contributed by atoms with Gasteiger partial charge in [0.15, 0.2) is 0 Å². The standard InChI is InChI=1S/C22H28ClF3N2O5/c1-20(2,3)33-19(30)28-7-8-32-12-17(28)15-10-14(23)9-13-5-6-27(11-16(13)15)18(29)21(4,31)22(24,25)26/h9-10,17,31H,5-8,11-12H2,1-4H3. The van der Waals surface area contributed by atoms with Crippen LogP contribution in [-0.4, -0.2) is 70.6 Å². The van der Waals surface area contributed by atoms with Crippen molar-refractivity contribution < 1.29 is 37.3 Å². The summed E-state index contributed by atoms with van der Waals surface area (Å²) >= 11 is 6.32. The molecule has 33 heavy (non-hydrogen) atoms. The highest BCUT2D eigenvalue weighted by Gasteiger charge is 2.57. The van der Waals surface area contributed by atoms with Crippen molar-refractivity contribution in [2.24, 2.45) is 0 Å². The van der Waals surface area contributed by atoms with E-state index in [0.29, 0.717) is 29.7 Å². The second-order valence-electron chi connectivity index (χ2n) is 9.44. The van der Waals surface area contributed by atoms with Gasteiger partial charge in [0, 0.05) is 24.7 Å². The van der Waals surface area contributed by atoms with Gasteiger partial charge in [-0.1, -0.05) is 11.6 Å². The number of fused-ring (bicyclic) bond motifs is 1. The zero-order chi connectivity index (χ0) is 24.8. The predicted molar refractivity (Wildman–Crippen MR) is 114 cm³/mol. The van der Waals surface area contributed by atoms with Gasteiger partial charge in [-0.2, -0.15) is 13.2 Å². The van der Waals surface area contributed by atoms with Gasteiger partial charge in [0.25, 0.3) is 5.91 Å². The number of halogens is 4. The van der Waals surface area contributed by atoms with E-state index in [-0.39, 0.29) is 32.7 Å². The van der Waals surface area contributed by atoms with Crippen molar-refractivity contribution in [3.05, 3.63) is 33.8 Å². The second kappa shape index (κ2) is 8.96. The first-order chi connectivity index (χ1) is 15.1. The lowest BCUT2D eigenvalue weighted by Gasteiger charge is -2.40. The number of morpholine rings is 1. The number of nitrogens with zero attached hydrogens (tertiary/aromatic N) is 2. The molecule has 1 fully saturated rings. The zero-order valence-electron chi connectivity index (χ0n) is 19.0. The molecule has 1 aromatic rings. The molecule has 0 bridgehead atoms. The topological polar surface area (TPSA) is 79.3 Å². The number of hydrogen-bond donors (Lipinski definition) is 1. The van der Waals surface area contributed by atoms with Crippen molar-refractivity contribution in [3.8, 4) is 0 Å². The van der Waals surface area contributed by atoms with Crippen LogP contribution < -0.4 is 0 Å². The van der Waals surface area contributed by atoms with Crippen LogP contribution in [0, 0.1) is 0 Å². The van der Waals surface area contributed by atoms with E-state index in [4.69, 9.17) is 21.1 Å². The minimum atomic E-state index is -5.11. The Balaban J connectivity index is 1.96. The van der Waals surface area contributed by atoms with Gasteiger partial charge in [0.05, 0.1) is 19.3 Å². The first-order valence-corrected chi connectivity index (χ1v) is 11.0. The SMILES string of the molecule is CC(C)(C)OC(=O)N1CCOCC1c1cc(Cl)cc2c1CN(C(=O)C(C)(O)C(F)(F)F)CC2. The number of ether oxygens (including phenoxy) is 2. The van der Waals surface area contributed by atoms with Gasteiger partial charge in [-0.15, -0.1) is 0 Å². The summed E-state index contributed by atoms with van der Waals surface area (Å²) in [7, 11) is 0. The molecule has 2 atom stereocenters. The van der Waals surface area contributed by atoms with Crippen LogP contribution in [-0.2, 0) is 27.2 Å². The third-order valence-electron chi connectivity index (χ3n) is 5.71. The van der Waals surface area contributed by atoms with Crippen LogP contribution in [0.25, 0.3) is 0 Å². The van der Waals surface area contributed by atoms with E-state index in [1.807, 2.05) is 0 Å². The molecule has 2 heterocycles. The lowest BCUT2D eigenvalue weighted by molar-refractivity contribution is -0.250. The van der Waals surface area contributed by atoms with Crippen molar-refractivity contribution in [2.75, 3.05) is 26.3 Å². The molecule has 3 rings (SSSR count). The van der Waals surface area contributed by atoms with Gasteiger partial charge in [-0.3, -0.25) is 9.69 Å². The Kier molecular flexibility index (Phi) is 6.94. The zero-order valence-corrected chi connectivity index (χ0v) is 19.7. The largest absolute Gasteiger partial charge is 0.444 e. The van der Waals surface area contributed by atoms with E-state index in [1.54, 1.807) is 32.9 Å². The molecule has 0 saturated carbocycles. The molecule has 0 radical (unpaired) electrons. The van der Waals surface area contributed by atoms with E-state index in [9.17, 15) is 27.9 Å². The van der Waals surface area contributed by atoms with Crippen LogP contribution in [0.4, 0.5) is 18.0 Å². The molecule has 184 valence electrons. The van der Waals surface area contributed by atoms with E-state index < -0.39 is 35.4 Å². The summed E-state index contributed by atoms with van der Waals surface area (Å²) in [4.78, 5) is 27.9. The van der Waals surface area contributed by atoms with Crippen LogP contribution in [0.2, 0.25) is 5.02 Å². The maximum atomic E-state index is 13.2. The summed E-state index contributed by atoms with van der Waals surface area (Å²) in [5.41, 5.74) is -2.30. The maximum absolute atomic E-state index is 13.2. The summed E-state index contributed by atoms with van der Waals surface area (Å²) < 4.78 is 50.8. The number of carbonyl (C=O) groups is 2. The number of rotatable bonds is 2. The Morgan fingerprint density at radius 2 is 1.85 bits per heavy atom. The normalized spacial score (nSPS) is 21.3. The quantitative estimate of drug-likeness (QED) is 0.678. The number of benzene rings is 1. The summed E-state index contributed by atoms with van der Waals surface area (Å²) in [6.45, 7) is 6.23. The molecule has 0 aromatic heterocycles. The molecule has 2 aliphatic rings. The average molecular weight is 493 g/mol. The van der Waals surface area contributed by atoms with Gasteiger partial charge >= 0.3 is 12.3 Å². The van der Waals surface area contributed by atoms with Gasteiger partial charge in [-0.05, 0) is 62.9 Å². The van der Waals surface area contributed by atoms with E-state index in [1.165, 1.54) is 4.90 Å². The minimum absolute atomic E-state index is 0.00517. The highest BCUT2D eigenvalue weighted by Crippen LogP contribution is 2.37. The van der Waals surface area contributed by atoms with Crippen molar-refractivity contribution in [3.63, 3.8) is 0 Å². The Morgan fingerprint density at radius 1 is 1.18 bits per heavy atom. The molecule has 2 aliphatic heterocycles.